The molecule has 84 valence electrons. The van der Waals surface area contributed by atoms with Crippen LogP contribution in [0.25, 0.3) is 0 Å². The number of aromatic hydroxyl groups is 1. The molecule has 0 saturated heterocycles. The van der Waals surface area contributed by atoms with Crippen molar-refractivity contribution in [1.29, 1.82) is 0 Å². The number of hydrogen-bond acceptors (Lipinski definition) is 2. The van der Waals surface area contributed by atoms with Gasteiger partial charge in [-0.3, -0.25) is 0 Å². The molecule has 1 aromatic carbocycles. The normalized spacial score (nSPS) is 8.67. The van der Waals surface area contributed by atoms with Crippen LogP contribution in [0.15, 0.2) is 24.3 Å². The largest absolute Gasteiger partial charge is 0.508 e. The van der Waals surface area contributed by atoms with Crippen molar-refractivity contribution in [3.63, 3.8) is 0 Å². The summed E-state index contributed by atoms with van der Waals surface area (Å²) in [6, 6.07) is 7.41. The Kier molecular flexibility index (Phi) is 6.80. The fourth-order valence-electron chi connectivity index (χ4n) is 1.00. The second kappa shape index (κ2) is 7.67. The van der Waals surface area contributed by atoms with Crippen molar-refractivity contribution in [2.24, 2.45) is 0 Å². The summed E-state index contributed by atoms with van der Waals surface area (Å²) in [5.74, 6) is 0.367. The quantitative estimate of drug-likeness (QED) is 0.702. The summed E-state index contributed by atoms with van der Waals surface area (Å²) in [4.78, 5) is 9.26. The van der Waals surface area contributed by atoms with Gasteiger partial charge in [0.2, 0.25) is 0 Å². The number of phenols is 1. The first-order chi connectivity index (χ1) is 7.10. The maximum atomic E-state index is 9.26. The number of nitrogens with one attached hydrogen (secondary N) is 1. The third kappa shape index (κ3) is 7.37. The number of benzene rings is 1. The van der Waals surface area contributed by atoms with Crippen LogP contribution in [-0.2, 0) is 6.42 Å². The third-order valence-corrected chi connectivity index (χ3v) is 1.66. The highest BCUT2D eigenvalue weighted by Crippen LogP contribution is 2.11. The van der Waals surface area contributed by atoms with E-state index in [4.69, 9.17) is 10.2 Å². The van der Waals surface area contributed by atoms with E-state index in [0.29, 0.717) is 5.75 Å². The number of phenolic OH excluding ortho intramolecular Hbond substituents is 1. The van der Waals surface area contributed by atoms with E-state index in [2.05, 4.69) is 6.92 Å². The van der Waals surface area contributed by atoms with Crippen molar-refractivity contribution in [2.75, 3.05) is 7.05 Å². The molecule has 0 radical (unpaired) electrons. The molecule has 0 aliphatic rings. The third-order valence-electron chi connectivity index (χ3n) is 1.66. The number of hydrogen-bond donors (Lipinski definition) is 3. The first-order valence-corrected chi connectivity index (χ1v) is 4.78. The first-order valence-electron chi connectivity index (χ1n) is 4.78. The zero-order valence-electron chi connectivity index (χ0n) is 9.03. The standard InChI is InChI=1S/C9H12O.C2H5NO2/c1-2-4-8-5-3-6-9(10)7-8;1-3-2(4)5/h3,5-7,10H,2,4H2,1H3;3H,1H3,(H,4,5). The van der Waals surface area contributed by atoms with Crippen molar-refractivity contribution in [3.05, 3.63) is 29.8 Å². The minimum absolute atomic E-state index is 0.367. The molecule has 0 spiro atoms. The Hall–Kier alpha value is -1.71. The Bertz CT molecular complexity index is 300. The van der Waals surface area contributed by atoms with Gasteiger partial charge in [-0.2, -0.15) is 0 Å². The predicted molar refractivity (Wildman–Crippen MR) is 59.2 cm³/mol. The van der Waals surface area contributed by atoms with Gasteiger partial charge in [-0.05, 0) is 24.1 Å². The number of amides is 1. The molecule has 0 atom stereocenters. The lowest BCUT2D eigenvalue weighted by Gasteiger charge is -1.97. The van der Waals surface area contributed by atoms with Gasteiger partial charge in [-0.1, -0.05) is 25.5 Å². The van der Waals surface area contributed by atoms with Crippen LogP contribution < -0.4 is 5.32 Å². The van der Waals surface area contributed by atoms with Crippen molar-refractivity contribution in [3.8, 4) is 5.75 Å². The Morgan fingerprint density at radius 1 is 1.47 bits per heavy atom. The van der Waals surface area contributed by atoms with Gasteiger partial charge in [-0.25, -0.2) is 4.79 Å². The fourth-order valence-corrected chi connectivity index (χ4v) is 1.00. The van der Waals surface area contributed by atoms with Crippen LogP contribution in [-0.4, -0.2) is 23.4 Å². The van der Waals surface area contributed by atoms with Crippen molar-refractivity contribution in [1.82, 2.24) is 5.32 Å². The molecule has 0 heterocycles. The minimum atomic E-state index is -0.995. The van der Waals surface area contributed by atoms with Gasteiger partial charge < -0.3 is 15.5 Å². The molecule has 0 saturated carbocycles. The summed E-state index contributed by atoms with van der Waals surface area (Å²) < 4.78 is 0. The Morgan fingerprint density at radius 2 is 2.07 bits per heavy atom. The molecular weight excluding hydrogens is 194 g/mol. The van der Waals surface area contributed by atoms with Crippen LogP contribution in [0.1, 0.15) is 18.9 Å². The summed E-state index contributed by atoms with van der Waals surface area (Å²) in [5, 5.41) is 18.6. The lowest BCUT2D eigenvalue weighted by molar-refractivity contribution is 0.197. The lowest BCUT2D eigenvalue weighted by Crippen LogP contribution is -2.13. The van der Waals surface area contributed by atoms with Crippen LogP contribution in [0.3, 0.4) is 0 Å². The zero-order valence-corrected chi connectivity index (χ0v) is 9.03. The molecular formula is C11H17NO3. The van der Waals surface area contributed by atoms with E-state index >= 15 is 0 Å². The molecule has 4 heteroatoms. The highest BCUT2D eigenvalue weighted by Gasteiger charge is 1.90. The molecule has 15 heavy (non-hydrogen) atoms. The molecule has 0 bridgehead atoms. The average Bonchev–Trinajstić information content (AvgIpc) is 2.19. The molecule has 3 N–H and O–H groups in total. The summed E-state index contributed by atoms with van der Waals surface area (Å²) >= 11 is 0. The summed E-state index contributed by atoms with van der Waals surface area (Å²) in [6.45, 7) is 2.13. The van der Waals surface area contributed by atoms with E-state index < -0.39 is 6.09 Å². The second-order valence-corrected chi connectivity index (χ2v) is 2.98. The summed E-state index contributed by atoms with van der Waals surface area (Å²) in [7, 11) is 1.35. The lowest BCUT2D eigenvalue weighted by atomic mass is 10.1. The molecule has 0 aliphatic carbocycles. The van der Waals surface area contributed by atoms with Crippen molar-refractivity contribution >= 4 is 6.09 Å². The molecule has 1 aromatic rings. The van der Waals surface area contributed by atoms with E-state index in [1.165, 1.54) is 12.6 Å². The highest BCUT2D eigenvalue weighted by atomic mass is 16.4. The van der Waals surface area contributed by atoms with E-state index in [-0.39, 0.29) is 0 Å². The molecule has 0 aliphatic heterocycles. The van der Waals surface area contributed by atoms with Crippen molar-refractivity contribution in [2.45, 2.75) is 19.8 Å². The van der Waals surface area contributed by atoms with Gasteiger partial charge in [-0.15, -0.1) is 0 Å². The molecule has 1 amide bonds. The van der Waals surface area contributed by atoms with E-state index in [9.17, 15) is 4.79 Å². The van der Waals surface area contributed by atoms with E-state index in [1.807, 2.05) is 23.5 Å². The topological polar surface area (TPSA) is 69.6 Å². The monoisotopic (exact) mass is 211 g/mol. The van der Waals surface area contributed by atoms with Crippen LogP contribution in [0.2, 0.25) is 0 Å². The number of carboxylic acid groups (broad SMARTS) is 1. The van der Waals surface area contributed by atoms with Gasteiger partial charge >= 0.3 is 6.09 Å². The van der Waals surface area contributed by atoms with Crippen molar-refractivity contribution < 1.29 is 15.0 Å². The van der Waals surface area contributed by atoms with Crippen LogP contribution in [0.5, 0.6) is 5.75 Å². The summed E-state index contributed by atoms with van der Waals surface area (Å²) in [6.07, 6.45) is 1.18. The number of rotatable bonds is 2. The number of carbonyl (C=O) groups is 1. The van der Waals surface area contributed by atoms with Crippen LogP contribution >= 0.6 is 0 Å². The molecule has 0 fully saturated rings. The SMILES string of the molecule is CCCc1cccc(O)c1.CNC(=O)O. The molecule has 4 nitrogen and oxygen atoms in total. The average molecular weight is 211 g/mol. The highest BCUT2D eigenvalue weighted by molar-refractivity contribution is 5.63. The maximum Gasteiger partial charge on any atom is 0.404 e. The van der Waals surface area contributed by atoms with Crippen LogP contribution in [0, 0.1) is 0 Å². The smallest absolute Gasteiger partial charge is 0.404 e. The molecule has 0 unspecified atom stereocenters. The van der Waals surface area contributed by atoms with Gasteiger partial charge in [0, 0.05) is 7.05 Å². The minimum Gasteiger partial charge on any atom is -0.508 e. The van der Waals surface area contributed by atoms with Gasteiger partial charge in [0.05, 0.1) is 0 Å². The van der Waals surface area contributed by atoms with E-state index in [0.717, 1.165) is 12.8 Å². The maximum absolute atomic E-state index is 9.26. The predicted octanol–water partition coefficient (Wildman–Crippen LogP) is 2.23. The van der Waals surface area contributed by atoms with Gasteiger partial charge in [0.1, 0.15) is 5.75 Å². The Morgan fingerprint density at radius 3 is 2.47 bits per heavy atom. The van der Waals surface area contributed by atoms with Gasteiger partial charge in [0.15, 0.2) is 0 Å². The second-order valence-electron chi connectivity index (χ2n) is 2.98. The van der Waals surface area contributed by atoms with Crippen LogP contribution in [0.4, 0.5) is 4.79 Å². The number of aryl methyl sites for hydroxylation is 1. The molecule has 0 aromatic heterocycles. The Balaban J connectivity index is 0.000000336. The fraction of sp³-hybridized carbons (Fsp3) is 0.364. The Labute approximate surface area is 89.6 Å². The van der Waals surface area contributed by atoms with Gasteiger partial charge in [0.25, 0.3) is 0 Å². The van der Waals surface area contributed by atoms with E-state index in [1.54, 1.807) is 6.07 Å². The molecule has 1 rings (SSSR count). The summed E-state index contributed by atoms with van der Waals surface area (Å²) in [5.41, 5.74) is 1.21. The first kappa shape index (κ1) is 13.3. The zero-order chi connectivity index (χ0) is 11.7.